The molecule has 0 spiro atoms. The van der Waals surface area contributed by atoms with Crippen LogP contribution >= 0.6 is 0 Å². The molecule has 0 aliphatic heterocycles. The van der Waals surface area contributed by atoms with Crippen molar-refractivity contribution in [3.8, 4) is 0 Å². The van der Waals surface area contributed by atoms with Crippen LogP contribution in [0.15, 0.2) is 24.3 Å². The van der Waals surface area contributed by atoms with E-state index < -0.39 is 5.60 Å². The molecule has 0 unspecified atom stereocenters. The van der Waals surface area contributed by atoms with Crippen LogP contribution in [0.2, 0.25) is 0 Å². The van der Waals surface area contributed by atoms with E-state index in [2.05, 4.69) is 32.9 Å². The summed E-state index contributed by atoms with van der Waals surface area (Å²) in [4.78, 5) is 12.8. The molecule has 2 rings (SSSR count). The van der Waals surface area contributed by atoms with E-state index in [1.807, 2.05) is 19.1 Å². The van der Waals surface area contributed by atoms with Gasteiger partial charge in [0.05, 0.1) is 0 Å². The zero-order valence-corrected chi connectivity index (χ0v) is 13.2. The van der Waals surface area contributed by atoms with Gasteiger partial charge in [-0.15, -0.1) is 0 Å². The van der Waals surface area contributed by atoms with Gasteiger partial charge in [-0.05, 0) is 43.6 Å². The van der Waals surface area contributed by atoms with Crippen molar-refractivity contribution in [2.45, 2.75) is 64.4 Å². The molecule has 0 heterocycles. The van der Waals surface area contributed by atoms with E-state index in [-0.39, 0.29) is 11.2 Å². The second kappa shape index (κ2) is 5.69. The van der Waals surface area contributed by atoms with Gasteiger partial charge in [-0.1, -0.05) is 45.0 Å². The number of carbonyl (C=O) groups excluding carboxylic acids is 1. The molecule has 0 atom stereocenters. The Morgan fingerprint density at radius 2 is 1.70 bits per heavy atom. The fourth-order valence-corrected chi connectivity index (χ4v) is 3.04. The van der Waals surface area contributed by atoms with Gasteiger partial charge < -0.3 is 4.74 Å². The molecule has 2 heteroatoms. The van der Waals surface area contributed by atoms with Crippen molar-refractivity contribution in [1.82, 2.24) is 0 Å². The van der Waals surface area contributed by atoms with Crippen LogP contribution in [0.4, 0.5) is 0 Å². The van der Waals surface area contributed by atoms with Crippen molar-refractivity contribution >= 4 is 5.78 Å². The van der Waals surface area contributed by atoms with Gasteiger partial charge >= 0.3 is 0 Å². The number of benzene rings is 1. The number of carbonyl (C=O) groups is 1. The maximum Gasteiger partial charge on any atom is 0.194 e. The summed E-state index contributed by atoms with van der Waals surface area (Å²) in [6.45, 7) is 9.12. The van der Waals surface area contributed by atoms with Crippen LogP contribution in [0.1, 0.15) is 69.3 Å². The summed E-state index contributed by atoms with van der Waals surface area (Å²) in [5.74, 6) is 0.164. The topological polar surface area (TPSA) is 26.3 Å². The third-order valence-corrected chi connectivity index (χ3v) is 4.26. The zero-order valence-electron chi connectivity index (χ0n) is 13.2. The SMILES string of the molecule is CCOC1(C(=O)c2ccc(C(C)(C)C)cc2)CCCC1. The molecule has 0 radical (unpaired) electrons. The number of rotatable bonds is 4. The quantitative estimate of drug-likeness (QED) is 0.755. The highest BCUT2D eigenvalue weighted by Gasteiger charge is 2.42. The lowest BCUT2D eigenvalue weighted by Gasteiger charge is -2.27. The van der Waals surface area contributed by atoms with Crippen molar-refractivity contribution in [3.05, 3.63) is 35.4 Å². The molecule has 0 N–H and O–H groups in total. The lowest BCUT2D eigenvalue weighted by Crippen LogP contribution is -2.39. The van der Waals surface area contributed by atoms with E-state index in [0.29, 0.717) is 6.61 Å². The molecule has 0 bridgehead atoms. The first kappa shape index (κ1) is 15.2. The number of Topliss-reactive ketones (excluding diaryl/α,β-unsaturated/α-hetero) is 1. The van der Waals surface area contributed by atoms with Crippen molar-refractivity contribution in [1.29, 1.82) is 0 Å². The monoisotopic (exact) mass is 274 g/mol. The second-order valence-electron chi connectivity index (χ2n) is 6.79. The molecule has 0 amide bonds. The van der Waals surface area contributed by atoms with Gasteiger partial charge in [0, 0.05) is 12.2 Å². The Balaban J connectivity index is 2.24. The molecule has 20 heavy (non-hydrogen) atoms. The van der Waals surface area contributed by atoms with Crippen LogP contribution in [-0.4, -0.2) is 18.0 Å². The van der Waals surface area contributed by atoms with Crippen molar-refractivity contribution in [3.63, 3.8) is 0 Å². The minimum Gasteiger partial charge on any atom is -0.367 e. The Kier molecular flexibility index (Phi) is 4.33. The normalized spacial score (nSPS) is 18.2. The average Bonchev–Trinajstić information content (AvgIpc) is 2.87. The third kappa shape index (κ3) is 2.95. The standard InChI is InChI=1S/C18H26O2/c1-5-20-18(12-6-7-13-18)16(19)14-8-10-15(11-9-14)17(2,3)4/h8-11H,5-7,12-13H2,1-4H3. The summed E-state index contributed by atoms with van der Waals surface area (Å²) in [5.41, 5.74) is 1.60. The maximum absolute atomic E-state index is 12.8. The molecule has 1 aromatic rings. The number of ether oxygens (including phenoxy) is 1. The van der Waals surface area contributed by atoms with E-state index in [9.17, 15) is 4.79 Å². The number of hydrogen-bond acceptors (Lipinski definition) is 2. The zero-order chi connectivity index (χ0) is 14.8. The van der Waals surface area contributed by atoms with Gasteiger partial charge in [0.2, 0.25) is 0 Å². The largest absolute Gasteiger partial charge is 0.367 e. The Morgan fingerprint density at radius 1 is 1.15 bits per heavy atom. The van der Waals surface area contributed by atoms with E-state index in [1.165, 1.54) is 5.56 Å². The van der Waals surface area contributed by atoms with Crippen LogP contribution in [0, 0.1) is 0 Å². The summed E-state index contributed by atoms with van der Waals surface area (Å²) in [5, 5.41) is 0. The minimum atomic E-state index is -0.558. The lowest BCUT2D eigenvalue weighted by atomic mass is 9.85. The summed E-state index contributed by atoms with van der Waals surface area (Å²) in [7, 11) is 0. The fraction of sp³-hybridized carbons (Fsp3) is 0.611. The summed E-state index contributed by atoms with van der Waals surface area (Å²) >= 11 is 0. The van der Waals surface area contributed by atoms with Crippen LogP contribution < -0.4 is 0 Å². The Morgan fingerprint density at radius 3 is 2.15 bits per heavy atom. The van der Waals surface area contributed by atoms with Gasteiger partial charge in [-0.2, -0.15) is 0 Å². The van der Waals surface area contributed by atoms with Crippen LogP contribution in [0.5, 0.6) is 0 Å². The average molecular weight is 274 g/mol. The highest BCUT2D eigenvalue weighted by atomic mass is 16.5. The lowest BCUT2D eigenvalue weighted by molar-refractivity contribution is -0.0163. The van der Waals surface area contributed by atoms with Gasteiger partial charge in [-0.25, -0.2) is 0 Å². The van der Waals surface area contributed by atoms with Gasteiger partial charge in [-0.3, -0.25) is 4.79 Å². The minimum absolute atomic E-state index is 0.118. The van der Waals surface area contributed by atoms with Crippen molar-refractivity contribution in [2.75, 3.05) is 6.61 Å². The molecule has 110 valence electrons. The second-order valence-corrected chi connectivity index (χ2v) is 6.79. The van der Waals surface area contributed by atoms with Crippen LogP contribution in [0.3, 0.4) is 0 Å². The first-order chi connectivity index (χ1) is 9.39. The number of hydrogen-bond donors (Lipinski definition) is 0. The van der Waals surface area contributed by atoms with Crippen molar-refractivity contribution in [2.24, 2.45) is 0 Å². The molecule has 1 aliphatic rings. The van der Waals surface area contributed by atoms with Crippen molar-refractivity contribution < 1.29 is 9.53 Å². The van der Waals surface area contributed by atoms with E-state index >= 15 is 0 Å². The Hall–Kier alpha value is -1.15. The molecule has 1 saturated carbocycles. The summed E-state index contributed by atoms with van der Waals surface area (Å²) < 4.78 is 5.85. The molecule has 1 aliphatic carbocycles. The maximum atomic E-state index is 12.8. The Bertz CT molecular complexity index is 459. The van der Waals surface area contributed by atoms with Gasteiger partial charge in [0.1, 0.15) is 5.60 Å². The third-order valence-electron chi connectivity index (χ3n) is 4.26. The molecule has 2 nitrogen and oxygen atoms in total. The summed E-state index contributed by atoms with van der Waals surface area (Å²) in [6.07, 6.45) is 3.90. The predicted octanol–water partition coefficient (Wildman–Crippen LogP) is 4.52. The molecule has 0 saturated heterocycles. The molecule has 1 fully saturated rings. The fourth-order valence-electron chi connectivity index (χ4n) is 3.04. The Labute approximate surface area is 122 Å². The number of ketones is 1. The van der Waals surface area contributed by atoms with E-state index in [4.69, 9.17) is 4.74 Å². The summed E-state index contributed by atoms with van der Waals surface area (Å²) in [6, 6.07) is 8.06. The smallest absolute Gasteiger partial charge is 0.194 e. The van der Waals surface area contributed by atoms with E-state index in [0.717, 1.165) is 31.2 Å². The van der Waals surface area contributed by atoms with Crippen LogP contribution in [0.25, 0.3) is 0 Å². The van der Waals surface area contributed by atoms with Gasteiger partial charge in [0.25, 0.3) is 0 Å². The predicted molar refractivity (Wildman–Crippen MR) is 82.3 cm³/mol. The molecular weight excluding hydrogens is 248 g/mol. The highest BCUT2D eigenvalue weighted by molar-refractivity contribution is 6.02. The molecular formula is C18H26O2. The molecule has 1 aromatic carbocycles. The first-order valence-electron chi connectivity index (χ1n) is 7.68. The molecule has 0 aromatic heterocycles. The van der Waals surface area contributed by atoms with Gasteiger partial charge in [0.15, 0.2) is 5.78 Å². The van der Waals surface area contributed by atoms with E-state index in [1.54, 1.807) is 0 Å². The van der Waals surface area contributed by atoms with Crippen LogP contribution in [-0.2, 0) is 10.2 Å². The first-order valence-corrected chi connectivity index (χ1v) is 7.68. The highest BCUT2D eigenvalue weighted by Crippen LogP contribution is 2.36.